The molecule has 0 saturated carbocycles. The van der Waals surface area contributed by atoms with Crippen LogP contribution in [0.4, 0.5) is 5.13 Å². The summed E-state index contributed by atoms with van der Waals surface area (Å²) in [6.07, 6.45) is 0. The SMILES string of the molecule is O=C(Nc1nc2c(s1)CSc1ccccc1-2)c1ccc(Cl)cc1. The number of rotatable bonds is 2. The van der Waals surface area contributed by atoms with Crippen molar-refractivity contribution in [2.75, 3.05) is 5.32 Å². The van der Waals surface area contributed by atoms with E-state index in [0.717, 1.165) is 17.0 Å². The predicted octanol–water partition coefficient (Wildman–Crippen LogP) is 5.32. The lowest BCUT2D eigenvalue weighted by Gasteiger charge is -2.13. The van der Waals surface area contributed by atoms with Crippen LogP contribution in [0.3, 0.4) is 0 Å². The van der Waals surface area contributed by atoms with Gasteiger partial charge in [-0.15, -0.1) is 23.1 Å². The van der Waals surface area contributed by atoms with Crippen LogP contribution in [0, 0.1) is 0 Å². The zero-order valence-corrected chi connectivity index (χ0v) is 14.3. The number of thiazole rings is 1. The van der Waals surface area contributed by atoms with Crippen LogP contribution >= 0.6 is 34.7 Å². The maximum absolute atomic E-state index is 12.3. The Balaban J connectivity index is 1.62. The van der Waals surface area contributed by atoms with Crippen LogP contribution in [0.1, 0.15) is 15.2 Å². The maximum atomic E-state index is 12.3. The Bertz CT molecular complexity index is 890. The number of halogens is 1. The van der Waals surface area contributed by atoms with E-state index in [-0.39, 0.29) is 5.91 Å². The Morgan fingerprint density at radius 1 is 1.13 bits per heavy atom. The lowest BCUT2D eigenvalue weighted by atomic mass is 10.1. The summed E-state index contributed by atoms with van der Waals surface area (Å²) in [5, 5.41) is 4.12. The monoisotopic (exact) mass is 358 g/mol. The molecular formula is C17H11ClN2OS2. The van der Waals surface area contributed by atoms with E-state index in [4.69, 9.17) is 11.6 Å². The summed E-state index contributed by atoms with van der Waals surface area (Å²) >= 11 is 9.19. The van der Waals surface area contributed by atoms with Crippen molar-refractivity contribution in [1.82, 2.24) is 4.98 Å². The van der Waals surface area contributed by atoms with E-state index in [9.17, 15) is 4.79 Å². The van der Waals surface area contributed by atoms with Gasteiger partial charge in [-0.25, -0.2) is 4.98 Å². The Morgan fingerprint density at radius 2 is 1.91 bits per heavy atom. The van der Waals surface area contributed by atoms with Gasteiger partial charge in [0.2, 0.25) is 0 Å². The summed E-state index contributed by atoms with van der Waals surface area (Å²) < 4.78 is 0. The summed E-state index contributed by atoms with van der Waals surface area (Å²) in [5.41, 5.74) is 2.69. The summed E-state index contributed by atoms with van der Waals surface area (Å²) in [6.45, 7) is 0. The quantitative estimate of drug-likeness (QED) is 0.674. The van der Waals surface area contributed by atoms with Gasteiger partial charge in [-0.1, -0.05) is 29.8 Å². The van der Waals surface area contributed by atoms with Crippen molar-refractivity contribution < 1.29 is 4.79 Å². The number of hydrogen-bond donors (Lipinski definition) is 1. The van der Waals surface area contributed by atoms with E-state index >= 15 is 0 Å². The Kier molecular flexibility index (Phi) is 3.85. The van der Waals surface area contributed by atoms with E-state index < -0.39 is 0 Å². The Morgan fingerprint density at radius 3 is 2.74 bits per heavy atom. The second-order valence-electron chi connectivity index (χ2n) is 5.04. The first-order valence-electron chi connectivity index (χ1n) is 6.99. The highest BCUT2D eigenvalue weighted by atomic mass is 35.5. The van der Waals surface area contributed by atoms with Crippen LogP contribution in [0.25, 0.3) is 11.3 Å². The highest BCUT2D eigenvalue weighted by Gasteiger charge is 2.21. The maximum Gasteiger partial charge on any atom is 0.257 e. The summed E-state index contributed by atoms with van der Waals surface area (Å²) in [6, 6.07) is 15.0. The normalized spacial score (nSPS) is 12.4. The zero-order valence-electron chi connectivity index (χ0n) is 11.9. The molecule has 2 heterocycles. The van der Waals surface area contributed by atoms with Gasteiger partial charge in [0.1, 0.15) is 0 Å². The number of fused-ring (bicyclic) bond motifs is 3. The fourth-order valence-electron chi connectivity index (χ4n) is 2.42. The number of benzene rings is 2. The third-order valence-electron chi connectivity index (χ3n) is 3.53. The van der Waals surface area contributed by atoms with Crippen molar-refractivity contribution in [3.05, 3.63) is 64.0 Å². The van der Waals surface area contributed by atoms with Crippen molar-refractivity contribution >= 4 is 45.7 Å². The second kappa shape index (κ2) is 6.00. The number of hydrogen-bond acceptors (Lipinski definition) is 4. The molecule has 2 aromatic carbocycles. The molecule has 0 radical (unpaired) electrons. The predicted molar refractivity (Wildman–Crippen MR) is 96.5 cm³/mol. The number of aromatic nitrogens is 1. The minimum absolute atomic E-state index is 0.172. The molecule has 1 N–H and O–H groups in total. The number of amides is 1. The van der Waals surface area contributed by atoms with Crippen molar-refractivity contribution in [3.8, 4) is 11.3 Å². The van der Waals surface area contributed by atoms with Crippen LogP contribution in [0.5, 0.6) is 0 Å². The molecule has 1 aliphatic rings. The Labute approximate surface area is 146 Å². The van der Waals surface area contributed by atoms with Gasteiger partial charge in [0.05, 0.1) is 5.69 Å². The van der Waals surface area contributed by atoms with Gasteiger partial charge in [0.25, 0.3) is 5.91 Å². The molecule has 23 heavy (non-hydrogen) atoms. The molecule has 1 aromatic heterocycles. The molecule has 3 nitrogen and oxygen atoms in total. The van der Waals surface area contributed by atoms with Crippen molar-refractivity contribution in [3.63, 3.8) is 0 Å². The van der Waals surface area contributed by atoms with Crippen molar-refractivity contribution in [2.24, 2.45) is 0 Å². The lowest BCUT2D eigenvalue weighted by Crippen LogP contribution is -2.11. The van der Waals surface area contributed by atoms with E-state index in [1.165, 1.54) is 21.1 Å². The second-order valence-corrected chi connectivity index (χ2v) is 7.57. The molecule has 6 heteroatoms. The van der Waals surface area contributed by atoms with Crippen molar-refractivity contribution in [2.45, 2.75) is 10.6 Å². The lowest BCUT2D eigenvalue weighted by molar-refractivity contribution is 0.102. The Hall–Kier alpha value is -1.82. The van der Waals surface area contributed by atoms with E-state index in [2.05, 4.69) is 22.4 Å². The summed E-state index contributed by atoms with van der Waals surface area (Å²) in [7, 11) is 0. The van der Waals surface area contributed by atoms with Crippen LogP contribution in [0.15, 0.2) is 53.4 Å². The molecule has 0 fully saturated rings. The third kappa shape index (κ3) is 2.87. The molecule has 3 aromatic rings. The zero-order chi connectivity index (χ0) is 15.8. The highest BCUT2D eigenvalue weighted by Crippen LogP contribution is 2.44. The summed E-state index contributed by atoms with van der Waals surface area (Å²) in [5.74, 6) is 0.717. The molecular weight excluding hydrogens is 348 g/mol. The molecule has 4 rings (SSSR count). The van der Waals surface area contributed by atoms with Crippen LogP contribution in [0.2, 0.25) is 5.02 Å². The first kappa shape index (κ1) is 14.8. The first-order chi connectivity index (χ1) is 11.2. The van der Waals surface area contributed by atoms with Crippen LogP contribution < -0.4 is 5.32 Å². The van der Waals surface area contributed by atoms with E-state index in [1.807, 2.05) is 12.1 Å². The van der Waals surface area contributed by atoms with E-state index in [0.29, 0.717) is 15.7 Å². The first-order valence-corrected chi connectivity index (χ1v) is 9.17. The molecule has 0 unspecified atom stereocenters. The minimum Gasteiger partial charge on any atom is -0.298 e. The molecule has 0 aliphatic carbocycles. The van der Waals surface area contributed by atoms with Crippen LogP contribution in [-0.2, 0) is 5.75 Å². The van der Waals surface area contributed by atoms with Gasteiger partial charge in [-0.05, 0) is 30.3 Å². The molecule has 0 spiro atoms. The number of nitrogens with one attached hydrogen (secondary N) is 1. The standard InChI is InChI=1S/C17H11ClN2OS2/c18-11-7-5-10(6-8-11)16(21)20-17-19-15-12-3-1-2-4-13(12)22-9-14(15)23-17/h1-8H,9H2,(H,19,20,21). The summed E-state index contributed by atoms with van der Waals surface area (Å²) in [4.78, 5) is 19.3. The fraction of sp³-hybridized carbons (Fsp3) is 0.0588. The van der Waals surface area contributed by atoms with Gasteiger partial charge in [-0.3, -0.25) is 10.1 Å². The number of anilines is 1. The molecule has 0 bridgehead atoms. The topological polar surface area (TPSA) is 42.0 Å². The fourth-order valence-corrected chi connectivity index (χ4v) is 4.64. The van der Waals surface area contributed by atoms with Gasteiger partial charge in [0, 0.05) is 31.7 Å². The van der Waals surface area contributed by atoms with Gasteiger partial charge >= 0.3 is 0 Å². The molecule has 114 valence electrons. The van der Waals surface area contributed by atoms with Crippen molar-refractivity contribution in [1.29, 1.82) is 0 Å². The number of carbonyl (C=O) groups is 1. The number of carbonyl (C=O) groups excluding carboxylic acids is 1. The van der Waals surface area contributed by atoms with Gasteiger partial charge in [0.15, 0.2) is 5.13 Å². The van der Waals surface area contributed by atoms with Crippen LogP contribution in [-0.4, -0.2) is 10.9 Å². The largest absolute Gasteiger partial charge is 0.298 e. The third-order valence-corrected chi connectivity index (χ3v) is 6.03. The highest BCUT2D eigenvalue weighted by molar-refractivity contribution is 7.98. The van der Waals surface area contributed by atoms with Gasteiger partial charge in [-0.2, -0.15) is 0 Å². The van der Waals surface area contributed by atoms with Gasteiger partial charge < -0.3 is 0 Å². The molecule has 0 atom stereocenters. The average molecular weight is 359 g/mol. The number of thioether (sulfide) groups is 1. The smallest absolute Gasteiger partial charge is 0.257 e. The average Bonchev–Trinajstić information content (AvgIpc) is 2.98. The molecule has 0 saturated heterocycles. The number of nitrogens with zero attached hydrogens (tertiary/aromatic N) is 1. The van der Waals surface area contributed by atoms with E-state index in [1.54, 1.807) is 36.0 Å². The molecule has 1 amide bonds. The molecule has 1 aliphatic heterocycles. The minimum atomic E-state index is -0.172.